The van der Waals surface area contributed by atoms with Gasteiger partial charge >= 0.3 is 0 Å². The van der Waals surface area contributed by atoms with Crippen molar-refractivity contribution in [1.82, 2.24) is 0 Å². The molecule has 1 fully saturated rings. The van der Waals surface area contributed by atoms with Crippen molar-refractivity contribution < 1.29 is 10.2 Å². The van der Waals surface area contributed by atoms with Gasteiger partial charge in [0, 0.05) is 0 Å². The van der Waals surface area contributed by atoms with Crippen LogP contribution in [-0.2, 0) is 0 Å². The molecular formula is C5H8O2. The molecule has 2 atom stereocenters. The van der Waals surface area contributed by atoms with Gasteiger partial charge in [-0.1, -0.05) is 0 Å². The van der Waals surface area contributed by atoms with Crippen molar-refractivity contribution in [1.29, 1.82) is 0 Å². The zero-order chi connectivity index (χ0) is 5.28. The van der Waals surface area contributed by atoms with Gasteiger partial charge in [0.1, 0.15) is 0 Å². The molecule has 40 valence electrons. The lowest BCUT2D eigenvalue weighted by atomic mass is 10.3. The van der Waals surface area contributed by atoms with E-state index in [0.717, 1.165) is 0 Å². The fourth-order valence-corrected chi connectivity index (χ4v) is 0.651. The van der Waals surface area contributed by atoms with Crippen molar-refractivity contribution in [2.75, 3.05) is 0 Å². The van der Waals surface area contributed by atoms with Gasteiger partial charge in [-0.2, -0.15) is 0 Å². The van der Waals surface area contributed by atoms with Crippen LogP contribution in [0.1, 0.15) is 12.8 Å². The third kappa shape index (κ3) is 0.924. The van der Waals surface area contributed by atoms with Crippen LogP contribution in [0, 0.1) is 6.42 Å². The third-order valence-electron chi connectivity index (χ3n) is 1.15. The Labute approximate surface area is 42.8 Å². The van der Waals surface area contributed by atoms with Crippen molar-refractivity contribution in [3.8, 4) is 0 Å². The Hall–Kier alpha value is -0.0800. The molecule has 0 amide bonds. The second kappa shape index (κ2) is 1.80. The van der Waals surface area contributed by atoms with Crippen LogP contribution in [0.15, 0.2) is 0 Å². The van der Waals surface area contributed by atoms with Gasteiger partial charge in [-0.25, -0.2) is 0 Å². The van der Waals surface area contributed by atoms with Crippen LogP contribution < -0.4 is 0 Å². The molecule has 2 N–H and O–H groups in total. The molecule has 1 aliphatic rings. The van der Waals surface area contributed by atoms with Crippen LogP contribution in [0.4, 0.5) is 0 Å². The number of hydrogen-bond acceptors (Lipinski definition) is 2. The zero-order valence-corrected chi connectivity index (χ0v) is 3.96. The van der Waals surface area contributed by atoms with Gasteiger partial charge in [0.15, 0.2) is 0 Å². The maximum atomic E-state index is 8.69. The van der Waals surface area contributed by atoms with Gasteiger partial charge in [0.25, 0.3) is 0 Å². The Kier molecular flexibility index (Phi) is 1.30. The van der Waals surface area contributed by atoms with Gasteiger partial charge in [-0.15, -0.1) is 0 Å². The fourth-order valence-electron chi connectivity index (χ4n) is 0.651. The molecular weight excluding hydrogens is 92.1 g/mol. The molecule has 0 saturated heterocycles. The summed E-state index contributed by atoms with van der Waals surface area (Å²) in [4.78, 5) is 0. The summed E-state index contributed by atoms with van der Waals surface area (Å²) in [6, 6.07) is 0. The highest BCUT2D eigenvalue weighted by Crippen LogP contribution is 2.16. The summed E-state index contributed by atoms with van der Waals surface area (Å²) in [6.45, 7) is 0. The van der Waals surface area contributed by atoms with Crippen molar-refractivity contribution in [3.05, 3.63) is 6.42 Å². The minimum Gasteiger partial charge on any atom is -0.390 e. The molecule has 7 heavy (non-hydrogen) atoms. The van der Waals surface area contributed by atoms with Gasteiger partial charge < -0.3 is 10.2 Å². The molecule has 0 unspecified atom stereocenters. The van der Waals surface area contributed by atoms with Crippen LogP contribution in [0.25, 0.3) is 0 Å². The maximum absolute atomic E-state index is 8.69. The molecule has 2 nitrogen and oxygen atoms in total. The molecule has 0 aromatic rings. The normalized spacial score (nSPS) is 42.0. The van der Waals surface area contributed by atoms with Gasteiger partial charge in [0.2, 0.25) is 0 Å². The Bertz CT molecular complexity index is 55.1. The molecule has 2 radical (unpaired) electrons. The first-order valence-electron chi connectivity index (χ1n) is 2.37. The highest BCUT2D eigenvalue weighted by molar-refractivity contribution is 4.87. The van der Waals surface area contributed by atoms with E-state index in [1.54, 1.807) is 0 Å². The van der Waals surface area contributed by atoms with Crippen molar-refractivity contribution in [2.24, 2.45) is 0 Å². The Morgan fingerprint density at radius 2 is 1.57 bits per heavy atom. The average molecular weight is 100 g/mol. The van der Waals surface area contributed by atoms with E-state index in [-0.39, 0.29) is 0 Å². The van der Waals surface area contributed by atoms with Gasteiger partial charge in [-0.3, -0.25) is 0 Å². The lowest BCUT2D eigenvalue weighted by Crippen LogP contribution is -2.17. The van der Waals surface area contributed by atoms with Crippen LogP contribution in [0.2, 0.25) is 0 Å². The predicted octanol–water partition coefficient (Wildman–Crippen LogP) is -0.417. The van der Waals surface area contributed by atoms with E-state index in [0.29, 0.717) is 12.8 Å². The quantitative estimate of drug-likeness (QED) is 0.434. The topological polar surface area (TPSA) is 40.5 Å². The zero-order valence-electron chi connectivity index (χ0n) is 3.96. The van der Waals surface area contributed by atoms with E-state index in [9.17, 15) is 0 Å². The number of aliphatic hydroxyl groups excluding tert-OH is 2. The Balaban J connectivity index is 2.33. The van der Waals surface area contributed by atoms with E-state index < -0.39 is 12.2 Å². The average Bonchev–Trinajstić information content (AvgIpc) is 1.91. The number of rotatable bonds is 0. The lowest BCUT2D eigenvalue weighted by Gasteiger charge is -2.03. The van der Waals surface area contributed by atoms with Crippen LogP contribution in [0.3, 0.4) is 0 Å². The van der Waals surface area contributed by atoms with Crippen molar-refractivity contribution in [3.63, 3.8) is 0 Å². The molecule has 0 heterocycles. The van der Waals surface area contributed by atoms with Crippen LogP contribution >= 0.6 is 0 Å². The summed E-state index contributed by atoms with van der Waals surface area (Å²) in [5.74, 6) is 0. The highest BCUT2D eigenvalue weighted by Gasteiger charge is 2.22. The maximum Gasteiger partial charge on any atom is 0.0805 e. The summed E-state index contributed by atoms with van der Waals surface area (Å²) in [5.41, 5.74) is 0. The molecule has 0 bridgehead atoms. The SMILES string of the molecule is O[C@@H]1C[C]C[C@@H]1O. The number of hydrogen-bond donors (Lipinski definition) is 2. The largest absolute Gasteiger partial charge is 0.390 e. The van der Waals surface area contributed by atoms with Crippen LogP contribution in [-0.4, -0.2) is 22.4 Å². The van der Waals surface area contributed by atoms with Crippen LogP contribution in [0.5, 0.6) is 0 Å². The smallest absolute Gasteiger partial charge is 0.0805 e. The summed E-state index contributed by atoms with van der Waals surface area (Å²) in [7, 11) is 0. The van der Waals surface area contributed by atoms with Crippen molar-refractivity contribution in [2.45, 2.75) is 25.0 Å². The Morgan fingerprint density at radius 1 is 1.14 bits per heavy atom. The molecule has 0 aliphatic heterocycles. The molecule has 0 spiro atoms. The summed E-state index contributed by atoms with van der Waals surface area (Å²) in [5, 5.41) is 17.4. The fraction of sp³-hybridized carbons (Fsp3) is 0.800. The van der Waals surface area contributed by atoms with E-state index in [1.165, 1.54) is 0 Å². The summed E-state index contributed by atoms with van der Waals surface area (Å²) >= 11 is 0. The molecule has 1 saturated carbocycles. The second-order valence-corrected chi connectivity index (χ2v) is 1.79. The summed E-state index contributed by atoms with van der Waals surface area (Å²) < 4.78 is 0. The highest BCUT2D eigenvalue weighted by atomic mass is 16.3. The Morgan fingerprint density at radius 3 is 1.71 bits per heavy atom. The first-order chi connectivity index (χ1) is 3.30. The van der Waals surface area contributed by atoms with E-state index >= 15 is 0 Å². The van der Waals surface area contributed by atoms with Gasteiger partial charge in [-0.05, 0) is 19.3 Å². The minimum atomic E-state index is -0.542. The van der Waals surface area contributed by atoms with E-state index in [2.05, 4.69) is 6.42 Å². The molecule has 1 rings (SSSR count). The molecule has 2 heteroatoms. The third-order valence-corrected chi connectivity index (χ3v) is 1.15. The second-order valence-electron chi connectivity index (χ2n) is 1.79. The van der Waals surface area contributed by atoms with E-state index in [1.807, 2.05) is 0 Å². The molecule has 1 aliphatic carbocycles. The summed E-state index contributed by atoms with van der Waals surface area (Å²) in [6.07, 6.45) is 2.80. The van der Waals surface area contributed by atoms with Crippen molar-refractivity contribution >= 4 is 0 Å². The number of aliphatic hydroxyl groups is 2. The lowest BCUT2D eigenvalue weighted by molar-refractivity contribution is 0.0438. The molecule has 0 aromatic heterocycles. The first kappa shape index (κ1) is 5.06. The molecule has 0 aromatic carbocycles. The monoisotopic (exact) mass is 100 g/mol. The first-order valence-corrected chi connectivity index (χ1v) is 2.37. The standard InChI is InChI=1S/C5H8O2/c6-4-2-1-3-5(4)7/h4-7H,2-3H2/t4-,5+. The van der Waals surface area contributed by atoms with Gasteiger partial charge in [0.05, 0.1) is 12.2 Å². The predicted molar refractivity (Wildman–Crippen MR) is 24.5 cm³/mol. The minimum absolute atomic E-state index is 0.529. The van der Waals surface area contributed by atoms with E-state index in [4.69, 9.17) is 10.2 Å².